The van der Waals surface area contributed by atoms with E-state index in [0.717, 1.165) is 41.8 Å². The number of nitrogens with zero attached hydrogens (tertiary/aromatic N) is 2. The van der Waals surface area contributed by atoms with Gasteiger partial charge in [-0.15, -0.1) is 0 Å². The fourth-order valence-corrected chi connectivity index (χ4v) is 5.41. The zero-order chi connectivity index (χ0) is 26.3. The second kappa shape index (κ2) is 12.5. The Hall–Kier alpha value is -2.78. The number of carbonyl (C=O) groups excluding carboxylic acids is 2. The molecule has 1 aliphatic carbocycles. The second-order valence-electron chi connectivity index (χ2n) is 8.99. The summed E-state index contributed by atoms with van der Waals surface area (Å²) in [5.74, 6) is -0.426. The molecule has 10 heteroatoms. The van der Waals surface area contributed by atoms with E-state index < -0.39 is 28.5 Å². The van der Waals surface area contributed by atoms with Crippen LogP contribution < -0.4 is 14.4 Å². The summed E-state index contributed by atoms with van der Waals surface area (Å²) in [7, 11) is -3.85. The molecule has 0 radical (unpaired) electrons. The van der Waals surface area contributed by atoms with Crippen molar-refractivity contribution < 1.29 is 22.7 Å². The minimum absolute atomic E-state index is 0.0914. The smallest absolute Gasteiger partial charge is 0.244 e. The Bertz CT molecular complexity index is 1170. The van der Waals surface area contributed by atoms with Gasteiger partial charge in [0.15, 0.2) is 0 Å². The summed E-state index contributed by atoms with van der Waals surface area (Å²) in [4.78, 5) is 28.2. The van der Waals surface area contributed by atoms with E-state index in [0.29, 0.717) is 17.4 Å². The van der Waals surface area contributed by atoms with Crippen molar-refractivity contribution in [2.45, 2.75) is 58.2 Å². The number of benzene rings is 2. The molecular formula is C26H34ClN3O5S. The van der Waals surface area contributed by atoms with E-state index in [-0.39, 0.29) is 24.2 Å². The molecule has 3 rings (SSSR count). The molecule has 2 amide bonds. The first-order chi connectivity index (χ1) is 17.1. The van der Waals surface area contributed by atoms with Gasteiger partial charge in [0, 0.05) is 17.6 Å². The van der Waals surface area contributed by atoms with Gasteiger partial charge in [0.05, 0.1) is 18.6 Å². The molecule has 0 aromatic heterocycles. The van der Waals surface area contributed by atoms with Crippen molar-refractivity contribution in [3.05, 3.63) is 59.1 Å². The molecule has 1 unspecified atom stereocenters. The summed E-state index contributed by atoms with van der Waals surface area (Å²) in [6.07, 6.45) is 4.99. The summed E-state index contributed by atoms with van der Waals surface area (Å²) in [5, 5.41) is 3.55. The summed E-state index contributed by atoms with van der Waals surface area (Å²) < 4.78 is 32.2. The molecule has 2 aromatic rings. The first kappa shape index (κ1) is 27.8. The SMILES string of the molecule is CCOc1ccccc1N(CC(=O)N(Cc1cccc(Cl)c1)C(C)C(=O)NC1CCCC1)S(C)(=O)=O. The van der Waals surface area contributed by atoms with Gasteiger partial charge in [-0.3, -0.25) is 13.9 Å². The highest BCUT2D eigenvalue weighted by Crippen LogP contribution is 2.30. The van der Waals surface area contributed by atoms with Crippen LogP contribution in [0.2, 0.25) is 5.02 Å². The lowest BCUT2D eigenvalue weighted by molar-refractivity contribution is -0.139. The lowest BCUT2D eigenvalue weighted by Gasteiger charge is -2.32. The molecule has 0 saturated heterocycles. The van der Waals surface area contributed by atoms with Crippen LogP contribution in [0.25, 0.3) is 0 Å². The molecule has 0 spiro atoms. The first-order valence-electron chi connectivity index (χ1n) is 12.1. The highest BCUT2D eigenvalue weighted by Gasteiger charge is 2.32. The normalized spacial score (nSPS) is 14.8. The van der Waals surface area contributed by atoms with E-state index >= 15 is 0 Å². The number of para-hydroxylation sites is 2. The maximum atomic E-state index is 13.7. The molecule has 1 N–H and O–H groups in total. The van der Waals surface area contributed by atoms with E-state index in [9.17, 15) is 18.0 Å². The zero-order valence-corrected chi connectivity index (χ0v) is 22.5. The van der Waals surface area contributed by atoms with Crippen LogP contribution in [-0.4, -0.2) is 56.6 Å². The van der Waals surface area contributed by atoms with Gasteiger partial charge in [-0.2, -0.15) is 0 Å². The molecule has 196 valence electrons. The Labute approximate surface area is 218 Å². The van der Waals surface area contributed by atoms with Crippen LogP contribution in [0.3, 0.4) is 0 Å². The second-order valence-corrected chi connectivity index (χ2v) is 11.3. The lowest BCUT2D eigenvalue weighted by Crippen LogP contribution is -2.52. The predicted molar refractivity (Wildman–Crippen MR) is 142 cm³/mol. The molecule has 0 aliphatic heterocycles. The number of nitrogens with one attached hydrogen (secondary N) is 1. The van der Waals surface area contributed by atoms with E-state index in [1.165, 1.54) is 4.90 Å². The summed E-state index contributed by atoms with van der Waals surface area (Å²) >= 11 is 6.15. The number of hydrogen-bond acceptors (Lipinski definition) is 5. The number of carbonyl (C=O) groups is 2. The zero-order valence-electron chi connectivity index (χ0n) is 20.9. The van der Waals surface area contributed by atoms with Crippen LogP contribution in [0.5, 0.6) is 5.75 Å². The minimum Gasteiger partial charge on any atom is -0.492 e. The fraction of sp³-hybridized carbons (Fsp3) is 0.462. The molecular weight excluding hydrogens is 502 g/mol. The Morgan fingerprint density at radius 1 is 1.14 bits per heavy atom. The largest absolute Gasteiger partial charge is 0.492 e. The van der Waals surface area contributed by atoms with Crippen LogP contribution in [0.4, 0.5) is 5.69 Å². The summed E-state index contributed by atoms with van der Waals surface area (Å²) in [5.41, 5.74) is 0.998. The number of rotatable bonds is 11. The topological polar surface area (TPSA) is 96.0 Å². The van der Waals surface area contributed by atoms with Gasteiger partial charge in [0.2, 0.25) is 21.8 Å². The Morgan fingerprint density at radius 3 is 2.47 bits per heavy atom. The van der Waals surface area contributed by atoms with E-state index in [1.54, 1.807) is 56.3 Å². The first-order valence-corrected chi connectivity index (χ1v) is 14.4. The quantitative estimate of drug-likeness (QED) is 0.469. The Kier molecular flexibility index (Phi) is 9.62. The van der Waals surface area contributed by atoms with Gasteiger partial charge in [-0.05, 0) is 56.5 Å². The van der Waals surface area contributed by atoms with E-state index in [4.69, 9.17) is 16.3 Å². The van der Waals surface area contributed by atoms with Gasteiger partial charge in [-0.25, -0.2) is 8.42 Å². The molecule has 1 saturated carbocycles. The van der Waals surface area contributed by atoms with Crippen LogP contribution in [0, 0.1) is 0 Å². The van der Waals surface area contributed by atoms with Gasteiger partial charge < -0.3 is 15.0 Å². The molecule has 8 nitrogen and oxygen atoms in total. The van der Waals surface area contributed by atoms with Gasteiger partial charge >= 0.3 is 0 Å². The van der Waals surface area contributed by atoms with Crippen molar-refractivity contribution >= 4 is 39.1 Å². The molecule has 0 bridgehead atoms. The van der Waals surface area contributed by atoms with Crippen molar-refractivity contribution in [3.8, 4) is 5.75 Å². The molecule has 0 heterocycles. The number of ether oxygens (including phenoxy) is 1. The van der Waals surface area contributed by atoms with Crippen LogP contribution in [-0.2, 0) is 26.2 Å². The third-order valence-corrected chi connectivity index (χ3v) is 7.59. The highest BCUT2D eigenvalue weighted by atomic mass is 35.5. The maximum absolute atomic E-state index is 13.7. The minimum atomic E-state index is -3.85. The highest BCUT2D eigenvalue weighted by molar-refractivity contribution is 7.92. The number of hydrogen-bond donors (Lipinski definition) is 1. The summed E-state index contributed by atoms with van der Waals surface area (Å²) in [6, 6.07) is 13.0. The van der Waals surface area contributed by atoms with Crippen LogP contribution in [0.15, 0.2) is 48.5 Å². The third-order valence-electron chi connectivity index (χ3n) is 6.22. The number of amides is 2. The number of anilines is 1. The van der Waals surface area contributed by atoms with Gasteiger partial charge in [0.25, 0.3) is 0 Å². The molecule has 1 fully saturated rings. The van der Waals surface area contributed by atoms with Crippen molar-refractivity contribution in [3.63, 3.8) is 0 Å². The van der Waals surface area contributed by atoms with Gasteiger partial charge in [0.1, 0.15) is 18.3 Å². The third kappa shape index (κ3) is 7.36. The average Bonchev–Trinajstić information content (AvgIpc) is 3.33. The number of halogens is 1. The Balaban J connectivity index is 1.91. The number of sulfonamides is 1. The van der Waals surface area contributed by atoms with Crippen molar-refractivity contribution in [1.29, 1.82) is 0 Å². The Morgan fingerprint density at radius 2 is 1.83 bits per heavy atom. The lowest BCUT2D eigenvalue weighted by atomic mass is 10.1. The standard InChI is InChI=1S/C26H34ClN3O5S/c1-4-35-24-15-8-7-14-23(24)30(36(3,33)34)18-25(31)29(17-20-10-9-11-21(27)16-20)19(2)26(32)28-22-12-5-6-13-22/h7-11,14-16,19,22H,4-6,12-13,17-18H2,1-3H3,(H,28,32). The van der Waals surface area contributed by atoms with Crippen molar-refractivity contribution in [1.82, 2.24) is 10.2 Å². The molecule has 2 aromatic carbocycles. The van der Waals surface area contributed by atoms with E-state index in [2.05, 4.69) is 5.32 Å². The van der Waals surface area contributed by atoms with Crippen LogP contribution in [0.1, 0.15) is 45.1 Å². The monoisotopic (exact) mass is 535 g/mol. The molecule has 1 aliphatic rings. The predicted octanol–water partition coefficient (Wildman–Crippen LogP) is 3.98. The summed E-state index contributed by atoms with van der Waals surface area (Å²) in [6.45, 7) is 3.41. The maximum Gasteiger partial charge on any atom is 0.244 e. The van der Waals surface area contributed by atoms with Crippen LogP contribution >= 0.6 is 11.6 Å². The van der Waals surface area contributed by atoms with Crippen molar-refractivity contribution in [2.75, 3.05) is 23.7 Å². The fourth-order valence-electron chi connectivity index (χ4n) is 4.34. The van der Waals surface area contributed by atoms with Crippen molar-refractivity contribution in [2.24, 2.45) is 0 Å². The van der Waals surface area contributed by atoms with Gasteiger partial charge in [-0.1, -0.05) is 48.7 Å². The average molecular weight is 536 g/mol. The molecule has 1 atom stereocenters. The molecule has 36 heavy (non-hydrogen) atoms. The van der Waals surface area contributed by atoms with E-state index in [1.807, 2.05) is 6.07 Å².